The summed E-state index contributed by atoms with van der Waals surface area (Å²) >= 11 is 0. The molecule has 0 unspecified atom stereocenters. The Morgan fingerprint density at radius 2 is 1.82 bits per heavy atom. The molecular weight excluding hydrogens is 356 g/mol. The second-order valence-electron chi connectivity index (χ2n) is 8.75. The fourth-order valence-corrected chi connectivity index (χ4v) is 5.78. The smallest absolute Gasteiger partial charge is 0.318 e. The molecule has 1 aliphatic carbocycles. The first-order chi connectivity index (χ1) is 13.6. The third kappa shape index (κ3) is 3.25. The normalized spacial score (nSPS) is 30.2. The number of ether oxygens (including phenoxy) is 1. The van der Waals surface area contributed by atoms with Crippen LogP contribution >= 0.6 is 0 Å². The first-order valence-electron chi connectivity index (χ1n) is 11.1. The van der Waals surface area contributed by atoms with E-state index < -0.39 is 11.3 Å². The fraction of sp³-hybridized carbons (Fsp3) is 0.773. The zero-order valence-corrected chi connectivity index (χ0v) is 17.0. The van der Waals surface area contributed by atoms with Gasteiger partial charge in [0.1, 0.15) is 5.41 Å². The van der Waals surface area contributed by atoms with Crippen LogP contribution in [-0.4, -0.2) is 53.8 Å². The van der Waals surface area contributed by atoms with E-state index in [0.717, 1.165) is 63.7 Å². The molecule has 3 heterocycles. The highest BCUT2D eigenvalue weighted by Gasteiger charge is 2.56. The second kappa shape index (κ2) is 7.88. The molecule has 0 aromatic rings. The molecule has 154 valence electrons. The van der Waals surface area contributed by atoms with Gasteiger partial charge < -0.3 is 14.5 Å². The Kier molecular flexibility index (Phi) is 5.48. The molecule has 6 heteroatoms. The van der Waals surface area contributed by atoms with E-state index in [2.05, 4.69) is 0 Å². The summed E-state index contributed by atoms with van der Waals surface area (Å²) in [5.74, 6) is -0.506. The van der Waals surface area contributed by atoms with Crippen molar-refractivity contribution >= 4 is 17.8 Å². The maximum Gasteiger partial charge on any atom is 0.318 e. The Balaban J connectivity index is 1.63. The second-order valence-corrected chi connectivity index (χ2v) is 8.75. The predicted octanol–water partition coefficient (Wildman–Crippen LogP) is 3.02. The number of esters is 1. The molecule has 28 heavy (non-hydrogen) atoms. The lowest BCUT2D eigenvalue weighted by molar-refractivity contribution is -0.163. The van der Waals surface area contributed by atoms with Gasteiger partial charge in [0.15, 0.2) is 0 Å². The van der Waals surface area contributed by atoms with E-state index in [1.54, 1.807) is 0 Å². The van der Waals surface area contributed by atoms with Crippen molar-refractivity contribution in [3.05, 3.63) is 11.3 Å². The Labute approximate surface area is 167 Å². The van der Waals surface area contributed by atoms with E-state index >= 15 is 0 Å². The molecule has 0 saturated carbocycles. The molecule has 0 radical (unpaired) electrons. The van der Waals surface area contributed by atoms with Crippen molar-refractivity contribution in [1.29, 1.82) is 0 Å². The van der Waals surface area contributed by atoms with Crippen molar-refractivity contribution in [2.75, 3.05) is 26.2 Å². The zero-order valence-electron chi connectivity index (χ0n) is 17.0. The SMILES string of the molecule is CCOC(=O)[C@]12CCCC3=C1N(CCC3)C(=O)[C@@H](CC(=O)N1CCCCC1)C2. The minimum absolute atomic E-state index is 0.0411. The lowest BCUT2D eigenvalue weighted by atomic mass is 9.63. The Hall–Kier alpha value is -1.85. The van der Waals surface area contributed by atoms with Crippen LogP contribution in [0, 0.1) is 11.3 Å². The number of nitrogens with zero attached hydrogens (tertiary/aromatic N) is 2. The van der Waals surface area contributed by atoms with Crippen LogP contribution in [0.3, 0.4) is 0 Å². The molecule has 2 atom stereocenters. The number of carbonyl (C=O) groups is 3. The van der Waals surface area contributed by atoms with Crippen LogP contribution < -0.4 is 0 Å². The van der Waals surface area contributed by atoms with Crippen LogP contribution in [0.5, 0.6) is 0 Å². The van der Waals surface area contributed by atoms with E-state index in [9.17, 15) is 14.4 Å². The van der Waals surface area contributed by atoms with Gasteiger partial charge in [-0.1, -0.05) is 0 Å². The molecule has 2 fully saturated rings. The lowest BCUT2D eigenvalue weighted by Gasteiger charge is -2.51. The van der Waals surface area contributed by atoms with Gasteiger partial charge in [0, 0.05) is 37.7 Å². The van der Waals surface area contributed by atoms with Crippen molar-refractivity contribution in [1.82, 2.24) is 9.80 Å². The molecule has 6 nitrogen and oxygen atoms in total. The summed E-state index contributed by atoms with van der Waals surface area (Å²) in [5.41, 5.74) is 1.47. The van der Waals surface area contributed by atoms with Crippen molar-refractivity contribution in [2.45, 2.75) is 71.1 Å². The number of hydrogen-bond donors (Lipinski definition) is 0. The molecule has 4 rings (SSSR count). The molecule has 0 spiro atoms. The summed E-state index contributed by atoms with van der Waals surface area (Å²) in [5, 5.41) is 0. The largest absolute Gasteiger partial charge is 0.465 e. The van der Waals surface area contributed by atoms with Gasteiger partial charge in [-0.05, 0) is 70.3 Å². The van der Waals surface area contributed by atoms with Crippen molar-refractivity contribution in [2.24, 2.45) is 11.3 Å². The van der Waals surface area contributed by atoms with Gasteiger partial charge >= 0.3 is 5.97 Å². The quantitative estimate of drug-likeness (QED) is 0.695. The maximum absolute atomic E-state index is 13.3. The average Bonchev–Trinajstić information content (AvgIpc) is 2.72. The minimum Gasteiger partial charge on any atom is -0.465 e. The highest BCUT2D eigenvalue weighted by Crippen LogP contribution is 2.54. The molecule has 3 aliphatic heterocycles. The summed E-state index contributed by atoms with van der Waals surface area (Å²) in [6.07, 6.45) is 8.46. The standard InChI is InChI=1S/C22H32N2O4/c1-2-28-21(27)22-10-6-8-16-9-7-13-24(19(16)22)20(26)17(15-22)14-18(25)23-11-4-3-5-12-23/h17H,2-15H2,1H3/t17-,22-/m0/s1. The van der Waals surface area contributed by atoms with Gasteiger partial charge in [-0.3, -0.25) is 14.4 Å². The highest BCUT2D eigenvalue weighted by atomic mass is 16.5. The van der Waals surface area contributed by atoms with E-state index in [1.807, 2.05) is 16.7 Å². The van der Waals surface area contributed by atoms with Crippen molar-refractivity contribution < 1.29 is 19.1 Å². The maximum atomic E-state index is 13.3. The molecule has 0 aromatic heterocycles. The highest BCUT2D eigenvalue weighted by molar-refractivity contribution is 5.92. The predicted molar refractivity (Wildman–Crippen MR) is 104 cm³/mol. The summed E-state index contributed by atoms with van der Waals surface area (Å²) in [6, 6.07) is 0. The molecule has 4 aliphatic rings. The van der Waals surface area contributed by atoms with Crippen LogP contribution in [0.25, 0.3) is 0 Å². The minimum atomic E-state index is -0.731. The van der Waals surface area contributed by atoms with Gasteiger partial charge in [0.25, 0.3) is 0 Å². The summed E-state index contributed by atoms with van der Waals surface area (Å²) < 4.78 is 5.51. The Morgan fingerprint density at radius 1 is 1.07 bits per heavy atom. The topological polar surface area (TPSA) is 66.9 Å². The number of rotatable bonds is 4. The van der Waals surface area contributed by atoms with Crippen LogP contribution in [0.1, 0.15) is 71.1 Å². The molecule has 0 bridgehead atoms. The van der Waals surface area contributed by atoms with Crippen LogP contribution in [0.4, 0.5) is 0 Å². The third-order valence-corrected chi connectivity index (χ3v) is 7.01. The fourth-order valence-electron chi connectivity index (χ4n) is 5.78. The van der Waals surface area contributed by atoms with Crippen LogP contribution in [0.15, 0.2) is 11.3 Å². The van der Waals surface area contributed by atoms with Crippen molar-refractivity contribution in [3.8, 4) is 0 Å². The third-order valence-electron chi connectivity index (χ3n) is 7.01. The number of likely N-dealkylation sites (tertiary alicyclic amines) is 1. The van der Waals surface area contributed by atoms with Crippen LogP contribution in [0.2, 0.25) is 0 Å². The molecule has 0 aromatic carbocycles. The lowest BCUT2D eigenvalue weighted by Crippen LogP contribution is -2.56. The zero-order chi connectivity index (χ0) is 19.7. The Bertz CT molecular complexity index is 691. The van der Waals surface area contributed by atoms with E-state index in [4.69, 9.17) is 4.74 Å². The number of amides is 2. The van der Waals surface area contributed by atoms with Gasteiger partial charge in [-0.25, -0.2) is 0 Å². The summed E-state index contributed by atoms with van der Waals surface area (Å²) in [6.45, 7) is 4.42. The molecule has 2 saturated heterocycles. The number of carbonyl (C=O) groups excluding carboxylic acids is 3. The number of piperidine rings is 2. The molecular formula is C22H32N2O4. The first kappa shape index (κ1) is 19.5. The average molecular weight is 389 g/mol. The Morgan fingerprint density at radius 3 is 2.57 bits per heavy atom. The summed E-state index contributed by atoms with van der Waals surface area (Å²) in [7, 11) is 0. The monoisotopic (exact) mass is 388 g/mol. The van der Waals surface area contributed by atoms with Crippen LogP contribution in [-0.2, 0) is 19.1 Å². The van der Waals surface area contributed by atoms with Gasteiger partial charge in [-0.2, -0.15) is 0 Å². The van der Waals surface area contributed by atoms with E-state index in [0.29, 0.717) is 19.6 Å². The summed E-state index contributed by atoms with van der Waals surface area (Å²) in [4.78, 5) is 43.1. The van der Waals surface area contributed by atoms with Crippen molar-refractivity contribution in [3.63, 3.8) is 0 Å². The first-order valence-corrected chi connectivity index (χ1v) is 11.1. The van der Waals surface area contributed by atoms with Gasteiger partial charge in [0.05, 0.1) is 6.61 Å². The molecule has 0 N–H and O–H groups in total. The number of allylic oxidation sites excluding steroid dienone is 1. The van der Waals surface area contributed by atoms with E-state index in [1.165, 1.54) is 12.0 Å². The van der Waals surface area contributed by atoms with Gasteiger partial charge in [-0.15, -0.1) is 0 Å². The van der Waals surface area contributed by atoms with E-state index in [-0.39, 0.29) is 24.2 Å². The number of hydrogen-bond acceptors (Lipinski definition) is 4. The molecule has 2 amide bonds. The van der Waals surface area contributed by atoms with Gasteiger partial charge in [0.2, 0.25) is 11.8 Å².